The molecule has 5 rings (SSSR count). The Bertz CT molecular complexity index is 686. The van der Waals surface area contributed by atoms with Crippen LogP contribution < -0.4 is 5.01 Å². The Morgan fingerprint density at radius 1 is 1.17 bits per heavy atom. The topological polar surface area (TPSA) is 54.3 Å². The Labute approximate surface area is 142 Å². The number of rotatable bonds is 3. The highest BCUT2D eigenvalue weighted by Crippen LogP contribution is 2.62. The molecule has 0 spiro atoms. The van der Waals surface area contributed by atoms with Gasteiger partial charge >= 0.3 is 5.97 Å². The summed E-state index contributed by atoms with van der Waals surface area (Å²) in [7, 11) is 0. The van der Waals surface area contributed by atoms with E-state index in [0.29, 0.717) is 24.3 Å². The van der Waals surface area contributed by atoms with Gasteiger partial charge in [0.1, 0.15) is 0 Å². The second-order valence-electron chi connectivity index (χ2n) is 7.62. The van der Waals surface area contributed by atoms with Gasteiger partial charge in [0.05, 0.1) is 29.9 Å². The fourth-order valence-electron chi connectivity index (χ4n) is 5.88. The van der Waals surface area contributed by atoms with Gasteiger partial charge in [-0.3, -0.25) is 0 Å². The first-order valence-electron chi connectivity index (χ1n) is 9.25. The van der Waals surface area contributed by atoms with Crippen LogP contribution >= 0.6 is 0 Å². The van der Waals surface area contributed by atoms with Crippen molar-refractivity contribution in [3.05, 3.63) is 29.8 Å². The second-order valence-corrected chi connectivity index (χ2v) is 7.62. The first-order chi connectivity index (χ1) is 11.8. The fourth-order valence-corrected chi connectivity index (χ4v) is 5.88. The molecule has 2 bridgehead atoms. The van der Waals surface area contributed by atoms with E-state index in [1.807, 2.05) is 31.2 Å². The molecule has 3 saturated carbocycles. The van der Waals surface area contributed by atoms with Crippen molar-refractivity contribution in [3.8, 4) is 0 Å². The van der Waals surface area contributed by atoms with Gasteiger partial charge < -0.3 is 4.74 Å². The van der Waals surface area contributed by atoms with Crippen molar-refractivity contribution in [2.45, 2.75) is 44.7 Å². The maximum atomic E-state index is 11.8. The van der Waals surface area contributed by atoms with Crippen LogP contribution in [0.2, 0.25) is 0 Å². The highest BCUT2D eigenvalue weighted by Gasteiger charge is 2.62. The van der Waals surface area contributed by atoms with E-state index in [9.17, 15) is 4.79 Å². The van der Waals surface area contributed by atoms with Crippen LogP contribution in [0.5, 0.6) is 0 Å². The van der Waals surface area contributed by atoms with E-state index in [4.69, 9.17) is 4.74 Å². The molecule has 1 aromatic carbocycles. The average Bonchev–Trinajstić information content (AvgIpc) is 3.33. The van der Waals surface area contributed by atoms with Gasteiger partial charge in [0.25, 0.3) is 0 Å². The Morgan fingerprint density at radius 2 is 1.92 bits per heavy atom. The number of ether oxygens (including phenoxy) is 1. The lowest BCUT2D eigenvalue weighted by molar-refractivity contribution is 0.0526. The molecule has 0 radical (unpaired) electrons. The molecule has 5 nitrogen and oxygen atoms in total. The molecule has 0 unspecified atom stereocenters. The van der Waals surface area contributed by atoms with E-state index in [-0.39, 0.29) is 5.97 Å². The highest BCUT2D eigenvalue weighted by atomic mass is 16.5. The normalized spacial score (nSPS) is 38.5. The lowest BCUT2D eigenvalue weighted by atomic mass is 9.76. The predicted octanol–water partition coefficient (Wildman–Crippen LogP) is 3.85. The molecular weight excluding hydrogens is 302 g/mol. The minimum absolute atomic E-state index is 0.265. The number of esters is 1. The lowest BCUT2D eigenvalue weighted by Gasteiger charge is -2.35. The van der Waals surface area contributed by atoms with Gasteiger partial charge in [-0.25, -0.2) is 9.80 Å². The molecule has 24 heavy (non-hydrogen) atoms. The minimum atomic E-state index is -0.265. The molecular formula is C19H23N3O2. The molecule has 5 heteroatoms. The number of benzene rings is 1. The van der Waals surface area contributed by atoms with Gasteiger partial charge in [-0.2, -0.15) is 5.11 Å². The number of carbonyl (C=O) groups excluding carboxylic acids is 1. The molecule has 3 aliphatic carbocycles. The maximum Gasteiger partial charge on any atom is 0.338 e. The lowest BCUT2D eigenvalue weighted by Crippen LogP contribution is -2.44. The van der Waals surface area contributed by atoms with Crippen LogP contribution in [0, 0.1) is 23.7 Å². The van der Waals surface area contributed by atoms with Gasteiger partial charge in [0, 0.05) is 0 Å². The minimum Gasteiger partial charge on any atom is -0.462 e. The summed E-state index contributed by atoms with van der Waals surface area (Å²) >= 11 is 0. The van der Waals surface area contributed by atoms with Crippen LogP contribution in [0.4, 0.5) is 5.69 Å². The summed E-state index contributed by atoms with van der Waals surface area (Å²) in [5.74, 6) is 3.02. The average molecular weight is 325 g/mol. The summed E-state index contributed by atoms with van der Waals surface area (Å²) < 4.78 is 5.06. The Hall–Kier alpha value is -1.91. The van der Waals surface area contributed by atoms with Gasteiger partial charge in [-0.15, -0.1) is 0 Å². The van der Waals surface area contributed by atoms with Crippen LogP contribution in [0.25, 0.3) is 0 Å². The summed E-state index contributed by atoms with van der Waals surface area (Å²) in [6, 6.07) is 8.45. The Morgan fingerprint density at radius 3 is 2.67 bits per heavy atom. The van der Waals surface area contributed by atoms with Gasteiger partial charge in [-0.05, 0) is 74.1 Å². The molecule has 1 heterocycles. The van der Waals surface area contributed by atoms with Crippen molar-refractivity contribution in [2.75, 3.05) is 11.6 Å². The number of fused-ring (bicyclic) bond motifs is 8. The first kappa shape index (κ1) is 14.4. The maximum absolute atomic E-state index is 11.8. The van der Waals surface area contributed by atoms with Crippen molar-refractivity contribution in [2.24, 2.45) is 34.0 Å². The van der Waals surface area contributed by atoms with Gasteiger partial charge in [0.2, 0.25) is 0 Å². The van der Waals surface area contributed by atoms with Gasteiger partial charge in [0.15, 0.2) is 0 Å². The smallest absolute Gasteiger partial charge is 0.338 e. The van der Waals surface area contributed by atoms with Crippen LogP contribution in [-0.2, 0) is 4.74 Å². The molecule has 0 N–H and O–H groups in total. The predicted molar refractivity (Wildman–Crippen MR) is 89.7 cm³/mol. The molecule has 0 saturated heterocycles. The molecule has 4 aliphatic rings. The summed E-state index contributed by atoms with van der Waals surface area (Å²) in [4.78, 5) is 11.8. The SMILES string of the molecule is CCOC(=O)c1ccc(N2N=N[C@H]3[C@@H]4C[C@@H]([C@H]5CCC[C@@H]54)[C@@H]32)cc1. The molecule has 0 aromatic heterocycles. The number of nitrogens with zero attached hydrogens (tertiary/aromatic N) is 3. The van der Waals surface area contributed by atoms with Crippen molar-refractivity contribution in [1.82, 2.24) is 0 Å². The third-order valence-electron chi connectivity index (χ3n) is 6.70. The molecule has 6 atom stereocenters. The monoisotopic (exact) mass is 325 g/mol. The van der Waals surface area contributed by atoms with E-state index in [1.165, 1.54) is 25.7 Å². The van der Waals surface area contributed by atoms with Gasteiger partial charge in [-0.1, -0.05) is 11.6 Å². The summed E-state index contributed by atoms with van der Waals surface area (Å²) in [5.41, 5.74) is 1.64. The largest absolute Gasteiger partial charge is 0.462 e. The van der Waals surface area contributed by atoms with Crippen molar-refractivity contribution in [3.63, 3.8) is 0 Å². The van der Waals surface area contributed by atoms with Crippen molar-refractivity contribution in [1.29, 1.82) is 0 Å². The van der Waals surface area contributed by atoms with Crippen LogP contribution in [0.1, 0.15) is 43.0 Å². The van der Waals surface area contributed by atoms with E-state index in [0.717, 1.165) is 29.4 Å². The van der Waals surface area contributed by atoms with E-state index in [1.54, 1.807) is 0 Å². The second kappa shape index (κ2) is 5.30. The fraction of sp³-hybridized carbons (Fsp3) is 0.632. The van der Waals surface area contributed by atoms with Crippen LogP contribution in [-0.4, -0.2) is 24.7 Å². The summed E-state index contributed by atoms with van der Waals surface area (Å²) in [6.07, 6.45) is 5.53. The number of anilines is 1. The third kappa shape index (κ3) is 1.90. The molecule has 1 aliphatic heterocycles. The zero-order valence-corrected chi connectivity index (χ0v) is 14.0. The third-order valence-corrected chi connectivity index (χ3v) is 6.70. The Balaban J connectivity index is 1.39. The Kier molecular flexibility index (Phi) is 3.19. The molecule has 126 valence electrons. The molecule has 3 fully saturated rings. The number of hydrogen-bond donors (Lipinski definition) is 0. The van der Waals surface area contributed by atoms with E-state index in [2.05, 4.69) is 15.3 Å². The molecule has 0 amide bonds. The zero-order chi connectivity index (χ0) is 16.3. The van der Waals surface area contributed by atoms with Crippen LogP contribution in [0.3, 0.4) is 0 Å². The summed E-state index contributed by atoms with van der Waals surface area (Å²) in [6.45, 7) is 2.22. The summed E-state index contributed by atoms with van der Waals surface area (Å²) in [5, 5.41) is 11.3. The highest BCUT2D eigenvalue weighted by molar-refractivity contribution is 5.89. The van der Waals surface area contributed by atoms with Crippen LogP contribution in [0.15, 0.2) is 34.6 Å². The first-order valence-corrected chi connectivity index (χ1v) is 9.25. The standard InChI is InChI=1S/C19H23N3O2/c1-2-24-19(23)11-6-8-12(9-7-11)22-18-16-10-15(17(18)20-21-22)13-4-3-5-14(13)16/h6-9,13-18H,2-5,10H2,1H3/t13-,14-,15+,16-,17-,18-/m0/s1. The zero-order valence-electron chi connectivity index (χ0n) is 14.0. The quantitative estimate of drug-likeness (QED) is 0.793. The van der Waals surface area contributed by atoms with Crippen molar-refractivity contribution < 1.29 is 9.53 Å². The number of carbonyl (C=O) groups is 1. The van der Waals surface area contributed by atoms with Crippen molar-refractivity contribution >= 4 is 11.7 Å². The number of hydrogen-bond acceptors (Lipinski definition) is 5. The molecule has 1 aromatic rings. The van der Waals surface area contributed by atoms with E-state index < -0.39 is 0 Å². The van der Waals surface area contributed by atoms with E-state index >= 15 is 0 Å².